The summed E-state index contributed by atoms with van der Waals surface area (Å²) in [6, 6.07) is 0. The van der Waals surface area contributed by atoms with E-state index in [1.807, 2.05) is 20.8 Å². The summed E-state index contributed by atoms with van der Waals surface area (Å²) >= 11 is 0. The Morgan fingerprint density at radius 1 is 1.33 bits per heavy atom. The second-order valence-corrected chi connectivity index (χ2v) is 6.22. The van der Waals surface area contributed by atoms with Crippen LogP contribution >= 0.6 is 0 Å². The number of aromatic nitrogens is 3. The number of carbonyl (C=O) groups is 1. The van der Waals surface area contributed by atoms with Crippen molar-refractivity contribution in [2.45, 2.75) is 46.6 Å². The Labute approximate surface area is 141 Å². The van der Waals surface area contributed by atoms with Crippen LogP contribution in [0.2, 0.25) is 0 Å². The van der Waals surface area contributed by atoms with E-state index in [9.17, 15) is 4.79 Å². The fraction of sp³-hybridized carbons (Fsp3) is 0.588. The molecule has 1 saturated heterocycles. The van der Waals surface area contributed by atoms with Crippen LogP contribution in [0.15, 0.2) is 4.42 Å². The van der Waals surface area contributed by atoms with Crippen molar-refractivity contribution in [2.24, 2.45) is 0 Å². The zero-order chi connectivity index (χ0) is 17.3. The molecule has 3 rings (SSSR count). The summed E-state index contributed by atoms with van der Waals surface area (Å²) in [7, 11) is 0. The summed E-state index contributed by atoms with van der Waals surface area (Å²) < 4.78 is 11.4. The van der Waals surface area contributed by atoms with E-state index in [0.717, 1.165) is 30.0 Å². The molecule has 24 heavy (non-hydrogen) atoms. The maximum atomic E-state index is 12.9. The van der Waals surface area contributed by atoms with Gasteiger partial charge in [0, 0.05) is 18.5 Å². The topological polar surface area (TPSA) is 84.2 Å². The summed E-state index contributed by atoms with van der Waals surface area (Å²) in [5, 5.41) is 7.19. The van der Waals surface area contributed by atoms with Gasteiger partial charge >= 0.3 is 0 Å². The van der Waals surface area contributed by atoms with E-state index in [4.69, 9.17) is 9.15 Å². The molecule has 1 atom stereocenters. The third kappa shape index (κ3) is 3.08. The predicted octanol–water partition coefficient (Wildman–Crippen LogP) is 2.49. The molecule has 1 unspecified atom stereocenters. The van der Waals surface area contributed by atoms with Crippen molar-refractivity contribution < 1.29 is 13.9 Å². The Morgan fingerprint density at radius 3 is 2.79 bits per heavy atom. The normalized spacial score (nSPS) is 18.2. The second-order valence-electron chi connectivity index (χ2n) is 6.22. The van der Waals surface area contributed by atoms with Crippen LogP contribution in [0.5, 0.6) is 0 Å². The Balaban J connectivity index is 1.76. The number of rotatable bonds is 4. The van der Waals surface area contributed by atoms with Crippen LogP contribution in [0.4, 0.5) is 0 Å². The van der Waals surface area contributed by atoms with E-state index in [-0.39, 0.29) is 12.0 Å². The lowest BCUT2D eigenvalue weighted by Crippen LogP contribution is -2.42. The molecule has 1 amide bonds. The van der Waals surface area contributed by atoms with Crippen molar-refractivity contribution in [3.8, 4) is 0 Å². The minimum absolute atomic E-state index is 0.0144. The zero-order valence-electron chi connectivity index (χ0n) is 14.7. The van der Waals surface area contributed by atoms with Gasteiger partial charge in [-0.2, -0.15) is 5.10 Å². The molecule has 1 aliphatic rings. The van der Waals surface area contributed by atoms with E-state index in [2.05, 4.69) is 22.1 Å². The van der Waals surface area contributed by atoms with Gasteiger partial charge in [-0.05, 0) is 27.2 Å². The molecule has 7 heteroatoms. The van der Waals surface area contributed by atoms with Crippen LogP contribution in [0.25, 0.3) is 0 Å². The molecule has 0 saturated carbocycles. The van der Waals surface area contributed by atoms with Crippen LogP contribution in [-0.2, 0) is 11.2 Å². The molecule has 0 aromatic carbocycles. The monoisotopic (exact) mass is 332 g/mol. The number of amides is 1. The van der Waals surface area contributed by atoms with E-state index in [0.29, 0.717) is 36.8 Å². The molecule has 1 fully saturated rings. The number of ether oxygens (including phenoxy) is 1. The van der Waals surface area contributed by atoms with Crippen LogP contribution in [-0.4, -0.2) is 45.7 Å². The number of nitrogens with one attached hydrogen (secondary N) is 1. The first kappa shape index (κ1) is 16.7. The van der Waals surface area contributed by atoms with Gasteiger partial charge < -0.3 is 14.1 Å². The van der Waals surface area contributed by atoms with Gasteiger partial charge in [0.05, 0.1) is 18.7 Å². The zero-order valence-corrected chi connectivity index (χ0v) is 14.7. The summed E-state index contributed by atoms with van der Waals surface area (Å²) in [5.41, 5.74) is 1.57. The standard InChI is InChI=1S/C17H24N4O3/c1-5-6-14-18-16(20-19-14)13-9-21(7-8-23-13)17(22)15-10(2)11(3)24-12(15)4/h13H,5-9H2,1-4H3,(H,18,19,20). The maximum absolute atomic E-state index is 12.9. The van der Waals surface area contributed by atoms with E-state index < -0.39 is 0 Å². The predicted molar refractivity (Wildman–Crippen MR) is 87.9 cm³/mol. The number of aryl methyl sites for hydroxylation is 3. The summed E-state index contributed by atoms with van der Waals surface area (Å²) in [5.74, 6) is 2.92. The van der Waals surface area contributed by atoms with Crippen molar-refractivity contribution in [3.63, 3.8) is 0 Å². The van der Waals surface area contributed by atoms with Crippen molar-refractivity contribution in [2.75, 3.05) is 19.7 Å². The summed E-state index contributed by atoms with van der Waals surface area (Å²) in [4.78, 5) is 19.2. The third-order valence-electron chi connectivity index (χ3n) is 4.45. The molecular formula is C17H24N4O3. The highest BCUT2D eigenvalue weighted by Gasteiger charge is 2.31. The van der Waals surface area contributed by atoms with Gasteiger partial charge in [-0.3, -0.25) is 9.89 Å². The minimum Gasteiger partial charge on any atom is -0.466 e. The maximum Gasteiger partial charge on any atom is 0.257 e. The second kappa shape index (κ2) is 6.76. The van der Waals surface area contributed by atoms with Gasteiger partial charge in [0.2, 0.25) is 0 Å². The Kier molecular flexibility index (Phi) is 4.71. The molecule has 0 radical (unpaired) electrons. The average molecular weight is 332 g/mol. The van der Waals surface area contributed by atoms with Gasteiger partial charge in [-0.25, -0.2) is 4.98 Å². The fourth-order valence-corrected chi connectivity index (χ4v) is 3.06. The molecule has 3 heterocycles. The van der Waals surface area contributed by atoms with Crippen LogP contribution < -0.4 is 0 Å². The number of morpholine rings is 1. The lowest BCUT2D eigenvalue weighted by Gasteiger charge is -2.31. The molecule has 0 aliphatic carbocycles. The first-order chi connectivity index (χ1) is 11.5. The minimum atomic E-state index is -0.293. The summed E-state index contributed by atoms with van der Waals surface area (Å²) in [6.45, 7) is 9.21. The number of furan rings is 1. The molecule has 0 spiro atoms. The molecule has 130 valence electrons. The molecule has 7 nitrogen and oxygen atoms in total. The highest BCUT2D eigenvalue weighted by Crippen LogP contribution is 2.25. The average Bonchev–Trinajstić information content (AvgIpc) is 3.13. The van der Waals surface area contributed by atoms with Crippen LogP contribution in [0, 0.1) is 20.8 Å². The summed E-state index contributed by atoms with van der Waals surface area (Å²) in [6.07, 6.45) is 1.57. The Morgan fingerprint density at radius 2 is 2.12 bits per heavy atom. The molecule has 0 bridgehead atoms. The van der Waals surface area contributed by atoms with Gasteiger partial charge in [-0.1, -0.05) is 6.92 Å². The smallest absolute Gasteiger partial charge is 0.257 e. The van der Waals surface area contributed by atoms with Crippen molar-refractivity contribution in [1.82, 2.24) is 20.1 Å². The highest BCUT2D eigenvalue weighted by atomic mass is 16.5. The molecular weight excluding hydrogens is 308 g/mol. The lowest BCUT2D eigenvalue weighted by molar-refractivity contribution is -0.0267. The first-order valence-corrected chi connectivity index (χ1v) is 8.39. The Hall–Kier alpha value is -2.15. The lowest BCUT2D eigenvalue weighted by atomic mass is 10.1. The molecule has 1 N–H and O–H groups in total. The van der Waals surface area contributed by atoms with Crippen LogP contribution in [0.3, 0.4) is 0 Å². The van der Waals surface area contributed by atoms with Crippen molar-refractivity contribution in [3.05, 3.63) is 34.3 Å². The third-order valence-corrected chi connectivity index (χ3v) is 4.45. The first-order valence-electron chi connectivity index (χ1n) is 8.39. The van der Waals surface area contributed by atoms with E-state index in [1.165, 1.54) is 0 Å². The number of nitrogens with zero attached hydrogens (tertiary/aromatic N) is 3. The van der Waals surface area contributed by atoms with Crippen molar-refractivity contribution >= 4 is 5.91 Å². The largest absolute Gasteiger partial charge is 0.466 e. The van der Waals surface area contributed by atoms with Crippen molar-refractivity contribution in [1.29, 1.82) is 0 Å². The van der Waals surface area contributed by atoms with Crippen LogP contribution in [0.1, 0.15) is 58.5 Å². The van der Waals surface area contributed by atoms with Gasteiger partial charge in [-0.15, -0.1) is 0 Å². The van der Waals surface area contributed by atoms with Gasteiger partial charge in [0.15, 0.2) is 5.82 Å². The SMILES string of the molecule is CCCc1nc(C2CN(C(=O)c3c(C)oc(C)c3C)CCO2)n[nH]1. The highest BCUT2D eigenvalue weighted by molar-refractivity contribution is 5.97. The van der Waals surface area contributed by atoms with E-state index >= 15 is 0 Å². The number of hydrogen-bond donors (Lipinski definition) is 1. The fourth-order valence-electron chi connectivity index (χ4n) is 3.06. The number of aromatic amines is 1. The number of carbonyl (C=O) groups excluding carboxylic acids is 1. The Bertz CT molecular complexity index is 734. The molecule has 2 aromatic heterocycles. The number of H-pyrrole nitrogens is 1. The van der Waals surface area contributed by atoms with E-state index in [1.54, 1.807) is 4.90 Å². The molecule has 1 aliphatic heterocycles. The number of hydrogen-bond acceptors (Lipinski definition) is 5. The quantitative estimate of drug-likeness (QED) is 0.930. The molecule has 2 aromatic rings. The van der Waals surface area contributed by atoms with Gasteiger partial charge in [0.25, 0.3) is 5.91 Å². The van der Waals surface area contributed by atoms with Gasteiger partial charge in [0.1, 0.15) is 23.4 Å².